The Hall–Kier alpha value is -0.800. The number of unbranched alkanes of at least 4 members (excludes halogenated alkanes) is 2. The molecule has 1 aromatic rings. The number of hydrogen-bond acceptors (Lipinski definition) is 4. The summed E-state index contributed by atoms with van der Waals surface area (Å²) in [5.74, 6) is 0. The maximum Gasteiger partial charge on any atom is 0.550 e. The maximum absolute atomic E-state index is 11.8. The second-order valence-electron chi connectivity index (χ2n) is 3.87. The van der Waals surface area contributed by atoms with Crippen LogP contribution in [0.2, 0.25) is 0 Å². The molecule has 4 nitrogen and oxygen atoms in total. The van der Waals surface area contributed by atoms with Crippen LogP contribution < -0.4 is 16.8 Å². The molecule has 5 heteroatoms. The summed E-state index contributed by atoms with van der Waals surface area (Å²) in [6.07, 6.45) is 3.24. The predicted octanol–water partition coefficient (Wildman–Crippen LogP) is 1.87. The van der Waals surface area contributed by atoms with Crippen LogP contribution in [0.1, 0.15) is 25.7 Å². The van der Waals surface area contributed by atoms with Gasteiger partial charge in [-0.25, -0.2) is 0 Å². The van der Waals surface area contributed by atoms with Gasteiger partial charge in [-0.05, 0) is 42.5 Å². The van der Waals surface area contributed by atoms with Crippen molar-refractivity contribution in [2.75, 3.05) is 6.54 Å². The second kappa shape index (κ2) is 8.31. The first-order valence-electron chi connectivity index (χ1n) is 5.88. The topological polar surface area (TPSA) is 78.3 Å². The minimum atomic E-state index is -1.84. The molecule has 0 bridgehead atoms. The van der Waals surface area contributed by atoms with Gasteiger partial charge in [0.25, 0.3) is 0 Å². The molecule has 0 fully saturated rings. The minimum absolute atomic E-state index is 0.461. The van der Waals surface area contributed by atoms with Gasteiger partial charge in [0, 0.05) is 0 Å². The van der Waals surface area contributed by atoms with Crippen molar-refractivity contribution < 1.29 is 9.09 Å². The Balaban J connectivity index is 2.26. The average Bonchev–Trinajstić information content (AvgIpc) is 2.36. The smallest absolute Gasteiger partial charge is 0.330 e. The Morgan fingerprint density at radius 1 is 1.18 bits per heavy atom. The molecular formula is C12H20N2O2P+. The third kappa shape index (κ3) is 5.89. The van der Waals surface area contributed by atoms with Gasteiger partial charge in [-0.1, -0.05) is 24.6 Å². The van der Waals surface area contributed by atoms with Gasteiger partial charge in [-0.15, -0.1) is 4.52 Å². The van der Waals surface area contributed by atoms with Gasteiger partial charge in [-0.3, -0.25) is 0 Å². The molecule has 2 atom stereocenters. The van der Waals surface area contributed by atoms with E-state index < -0.39 is 14.3 Å². The van der Waals surface area contributed by atoms with E-state index in [1.54, 1.807) is 12.1 Å². The van der Waals surface area contributed by atoms with Crippen molar-refractivity contribution in [3.8, 4) is 0 Å². The van der Waals surface area contributed by atoms with Gasteiger partial charge in [0.2, 0.25) is 5.30 Å². The quantitative estimate of drug-likeness (QED) is 0.422. The van der Waals surface area contributed by atoms with Crippen molar-refractivity contribution in [2.24, 2.45) is 11.5 Å². The molecule has 0 saturated carbocycles. The Kier molecular flexibility index (Phi) is 6.97. The Morgan fingerprint density at radius 3 is 2.53 bits per heavy atom. The highest BCUT2D eigenvalue weighted by Gasteiger charge is 2.25. The third-order valence-electron chi connectivity index (χ3n) is 2.39. The summed E-state index contributed by atoms with van der Waals surface area (Å²) in [6, 6.07) is 9.09. The van der Waals surface area contributed by atoms with E-state index >= 15 is 0 Å². The highest BCUT2D eigenvalue weighted by atomic mass is 31.1. The largest absolute Gasteiger partial charge is 0.550 e. The van der Waals surface area contributed by atoms with Crippen molar-refractivity contribution in [3.63, 3.8) is 0 Å². The zero-order valence-electron chi connectivity index (χ0n) is 9.92. The second-order valence-corrected chi connectivity index (χ2v) is 5.12. The predicted molar refractivity (Wildman–Crippen MR) is 70.3 cm³/mol. The summed E-state index contributed by atoms with van der Waals surface area (Å²) in [5, 5.41) is 0.680. The van der Waals surface area contributed by atoms with Crippen molar-refractivity contribution in [1.82, 2.24) is 0 Å². The van der Waals surface area contributed by atoms with Crippen molar-refractivity contribution in [2.45, 2.75) is 31.9 Å². The molecule has 0 aromatic heterocycles. The summed E-state index contributed by atoms with van der Waals surface area (Å²) in [7, 11) is -1.84. The molecule has 1 aromatic carbocycles. The number of benzene rings is 1. The van der Waals surface area contributed by atoms with Crippen molar-refractivity contribution >= 4 is 13.3 Å². The number of hydrogen-bond donors (Lipinski definition) is 2. The van der Waals surface area contributed by atoms with E-state index in [9.17, 15) is 4.57 Å². The van der Waals surface area contributed by atoms with Crippen LogP contribution in [0.4, 0.5) is 0 Å². The first kappa shape index (κ1) is 14.3. The molecule has 0 amide bonds. The van der Waals surface area contributed by atoms with Crippen LogP contribution in [0.5, 0.6) is 0 Å². The van der Waals surface area contributed by atoms with Crippen LogP contribution in [0.15, 0.2) is 30.3 Å². The fourth-order valence-corrected chi connectivity index (χ4v) is 2.34. The molecule has 0 radical (unpaired) electrons. The first-order chi connectivity index (χ1) is 8.24. The van der Waals surface area contributed by atoms with Gasteiger partial charge in [0.1, 0.15) is 0 Å². The molecule has 0 spiro atoms. The third-order valence-corrected chi connectivity index (χ3v) is 3.57. The lowest BCUT2D eigenvalue weighted by atomic mass is 10.2. The summed E-state index contributed by atoms with van der Waals surface area (Å²) >= 11 is 0. The van der Waals surface area contributed by atoms with E-state index in [-0.39, 0.29) is 0 Å². The fourth-order valence-electron chi connectivity index (χ4n) is 1.45. The van der Waals surface area contributed by atoms with Gasteiger partial charge in [-0.2, -0.15) is 0 Å². The Bertz CT molecular complexity index is 333. The molecular weight excluding hydrogens is 235 g/mol. The zero-order chi connectivity index (χ0) is 12.5. The van der Waals surface area contributed by atoms with E-state index in [1.807, 2.05) is 18.2 Å². The molecule has 94 valence electrons. The summed E-state index contributed by atoms with van der Waals surface area (Å²) < 4.78 is 17.0. The lowest BCUT2D eigenvalue weighted by molar-refractivity contribution is 0.210. The van der Waals surface area contributed by atoms with E-state index in [0.29, 0.717) is 18.3 Å². The summed E-state index contributed by atoms with van der Waals surface area (Å²) in [4.78, 5) is 0. The minimum Gasteiger partial charge on any atom is -0.330 e. The molecule has 0 saturated heterocycles. The highest BCUT2D eigenvalue weighted by Crippen LogP contribution is 2.23. The first-order valence-corrected chi connectivity index (χ1v) is 7.06. The molecule has 2 unspecified atom stereocenters. The van der Waals surface area contributed by atoms with E-state index in [1.165, 1.54) is 0 Å². The Labute approximate surface area is 103 Å². The molecule has 1 rings (SSSR count). The van der Waals surface area contributed by atoms with Crippen LogP contribution in [0.3, 0.4) is 0 Å². The van der Waals surface area contributed by atoms with Crippen LogP contribution in [-0.2, 0) is 9.09 Å². The lowest BCUT2D eigenvalue weighted by Crippen LogP contribution is -2.22. The van der Waals surface area contributed by atoms with E-state index in [4.69, 9.17) is 16.0 Å². The van der Waals surface area contributed by atoms with Crippen LogP contribution in [-0.4, -0.2) is 12.8 Å². The molecule has 0 heterocycles. The van der Waals surface area contributed by atoms with E-state index in [0.717, 1.165) is 19.3 Å². The highest BCUT2D eigenvalue weighted by molar-refractivity contribution is 7.48. The molecule has 0 aliphatic carbocycles. The standard InChI is InChI=1S/C12H20N2O2P/c13-10-6-2-5-9-12(14)16-17(15)11-7-3-1-4-8-11/h1,3-4,7-8,12H,2,5-6,9-10,13-14H2/q+1. The summed E-state index contributed by atoms with van der Waals surface area (Å²) in [5.41, 5.74) is 11.1. The lowest BCUT2D eigenvalue weighted by Gasteiger charge is -2.04. The van der Waals surface area contributed by atoms with Crippen molar-refractivity contribution in [3.05, 3.63) is 30.3 Å². The van der Waals surface area contributed by atoms with Crippen molar-refractivity contribution in [1.29, 1.82) is 0 Å². The monoisotopic (exact) mass is 255 g/mol. The average molecular weight is 255 g/mol. The van der Waals surface area contributed by atoms with Gasteiger partial charge in [0.15, 0.2) is 6.23 Å². The van der Waals surface area contributed by atoms with Gasteiger partial charge in [0.05, 0.1) is 0 Å². The van der Waals surface area contributed by atoms with Crippen LogP contribution in [0, 0.1) is 0 Å². The normalized spacial score (nSPS) is 13.4. The van der Waals surface area contributed by atoms with Crippen LogP contribution >= 0.6 is 8.03 Å². The number of rotatable bonds is 8. The molecule has 0 aliphatic rings. The molecule has 4 N–H and O–H groups in total. The Morgan fingerprint density at radius 2 is 1.88 bits per heavy atom. The molecule has 17 heavy (non-hydrogen) atoms. The maximum atomic E-state index is 11.8. The van der Waals surface area contributed by atoms with Gasteiger partial charge >= 0.3 is 8.03 Å². The molecule has 0 aliphatic heterocycles. The van der Waals surface area contributed by atoms with Crippen LogP contribution in [0.25, 0.3) is 0 Å². The van der Waals surface area contributed by atoms with Gasteiger partial charge < -0.3 is 11.5 Å². The summed E-state index contributed by atoms with van der Waals surface area (Å²) in [6.45, 7) is 0.703. The van der Waals surface area contributed by atoms with E-state index in [2.05, 4.69) is 0 Å². The fraction of sp³-hybridized carbons (Fsp3) is 0.500. The zero-order valence-corrected chi connectivity index (χ0v) is 10.8. The number of nitrogens with two attached hydrogens (primary N) is 2. The SMILES string of the molecule is NCCCCCC(N)O[P+](=O)c1ccccc1.